The average molecular weight is 551 g/mol. The minimum atomic E-state index is -3.97. The number of rotatable bonds is 6. The van der Waals surface area contributed by atoms with E-state index in [0.717, 1.165) is 11.1 Å². The minimum absolute atomic E-state index is 0.0681. The number of fused-ring (bicyclic) bond motifs is 2. The quantitative estimate of drug-likeness (QED) is 0.266. The van der Waals surface area contributed by atoms with Gasteiger partial charge in [-0.3, -0.25) is 14.2 Å². The van der Waals surface area contributed by atoms with Crippen LogP contribution >= 0.6 is 11.3 Å². The second kappa shape index (κ2) is 9.29. The van der Waals surface area contributed by atoms with Crippen LogP contribution in [-0.2, 0) is 20.0 Å². The molecule has 5 rings (SSSR count). The van der Waals surface area contributed by atoms with Crippen LogP contribution in [0.3, 0.4) is 0 Å². The van der Waals surface area contributed by atoms with E-state index in [1.165, 1.54) is 47.7 Å². The average Bonchev–Trinajstić information content (AvgIpc) is 2.84. The van der Waals surface area contributed by atoms with Crippen molar-refractivity contribution < 1.29 is 16.8 Å². The normalized spacial score (nSPS) is 12.1. The highest BCUT2D eigenvalue weighted by molar-refractivity contribution is 7.93. The second-order valence-corrected chi connectivity index (χ2v) is 13.1. The van der Waals surface area contributed by atoms with E-state index in [0.29, 0.717) is 9.40 Å². The summed E-state index contributed by atoms with van der Waals surface area (Å²) in [5, 5.41) is 0.329. The fourth-order valence-electron chi connectivity index (χ4n) is 3.96. The number of aryl methyl sites for hydroxylation is 2. The molecule has 0 radical (unpaired) electrons. The molecule has 0 spiro atoms. The maximum atomic E-state index is 13.8. The van der Waals surface area contributed by atoms with Gasteiger partial charge in [0, 0.05) is 9.40 Å². The summed E-state index contributed by atoms with van der Waals surface area (Å²) in [7, 11) is -7.93. The lowest BCUT2D eigenvalue weighted by molar-refractivity contribution is 0.599. The van der Waals surface area contributed by atoms with Gasteiger partial charge in [0.05, 0.1) is 31.9 Å². The molecule has 0 saturated carbocycles. The highest BCUT2D eigenvalue weighted by Gasteiger charge is 2.21. The van der Waals surface area contributed by atoms with Gasteiger partial charge in [0.1, 0.15) is 0 Å². The zero-order valence-corrected chi connectivity index (χ0v) is 22.3. The number of nitrogens with one attached hydrogen (secondary N) is 2. The van der Waals surface area contributed by atoms with Crippen LogP contribution in [0.1, 0.15) is 11.1 Å². The first-order valence-corrected chi connectivity index (χ1v) is 15.0. The number of sulfonamides is 2. The molecule has 0 unspecified atom stereocenters. The van der Waals surface area contributed by atoms with Gasteiger partial charge in [-0.05, 0) is 62.4 Å². The first kappa shape index (κ1) is 24.9. The van der Waals surface area contributed by atoms with E-state index in [2.05, 4.69) is 9.44 Å². The van der Waals surface area contributed by atoms with Crippen molar-refractivity contribution in [2.24, 2.45) is 0 Å². The van der Waals surface area contributed by atoms with Crippen molar-refractivity contribution in [1.29, 1.82) is 0 Å². The van der Waals surface area contributed by atoms with Gasteiger partial charge in [-0.15, -0.1) is 11.3 Å². The Kier molecular flexibility index (Phi) is 6.26. The Morgan fingerprint density at radius 1 is 0.568 bits per heavy atom. The Morgan fingerprint density at radius 3 is 1.32 bits per heavy atom. The summed E-state index contributed by atoms with van der Waals surface area (Å²) in [6.07, 6.45) is 0. The molecule has 188 valence electrons. The van der Waals surface area contributed by atoms with Crippen LogP contribution in [0.25, 0.3) is 20.2 Å². The lowest BCUT2D eigenvalue weighted by atomic mass is 10.1. The molecule has 2 N–H and O–H groups in total. The topological polar surface area (TPSA) is 109 Å². The molecule has 4 aromatic carbocycles. The van der Waals surface area contributed by atoms with Crippen LogP contribution in [0.2, 0.25) is 0 Å². The lowest BCUT2D eigenvalue weighted by Gasteiger charge is -2.13. The van der Waals surface area contributed by atoms with Gasteiger partial charge in [-0.2, -0.15) is 0 Å². The molecule has 0 saturated heterocycles. The van der Waals surface area contributed by atoms with Gasteiger partial charge in [-0.25, -0.2) is 16.8 Å². The molecule has 0 aliphatic carbocycles. The smallest absolute Gasteiger partial charge is 0.261 e. The molecule has 0 aliphatic rings. The van der Waals surface area contributed by atoms with Gasteiger partial charge in [0.2, 0.25) is 0 Å². The molecule has 1 heterocycles. The van der Waals surface area contributed by atoms with E-state index in [1.54, 1.807) is 48.5 Å². The van der Waals surface area contributed by atoms with Gasteiger partial charge in [0.15, 0.2) is 5.43 Å². The highest BCUT2D eigenvalue weighted by atomic mass is 32.2. The van der Waals surface area contributed by atoms with Crippen LogP contribution in [0.4, 0.5) is 11.4 Å². The maximum Gasteiger partial charge on any atom is 0.261 e. The Labute approximate surface area is 218 Å². The fourth-order valence-corrected chi connectivity index (χ4v) is 7.24. The molecule has 5 aromatic rings. The van der Waals surface area contributed by atoms with E-state index >= 15 is 0 Å². The van der Waals surface area contributed by atoms with Crippen LogP contribution < -0.4 is 14.9 Å². The molecular formula is C27H22N2O5S3. The molecule has 10 heteroatoms. The van der Waals surface area contributed by atoms with Crippen molar-refractivity contribution in [2.75, 3.05) is 9.44 Å². The molecule has 0 amide bonds. The molecule has 7 nitrogen and oxygen atoms in total. The molecule has 0 fully saturated rings. The SMILES string of the molecule is Cc1ccc(S(=O)(=O)Nc2cccc3sc4cccc(NS(=O)(=O)c5ccc(C)cc5)c4c(=O)c23)cc1. The third-order valence-electron chi connectivity index (χ3n) is 5.88. The van der Waals surface area contributed by atoms with Crippen molar-refractivity contribution in [2.45, 2.75) is 23.6 Å². The first-order valence-electron chi connectivity index (χ1n) is 11.2. The largest absolute Gasteiger partial charge is 0.288 e. The molecule has 0 bridgehead atoms. The number of hydrogen-bond donors (Lipinski definition) is 2. The summed E-state index contributed by atoms with van der Waals surface area (Å²) in [6.45, 7) is 3.71. The van der Waals surface area contributed by atoms with Gasteiger partial charge in [0.25, 0.3) is 20.0 Å². The van der Waals surface area contributed by atoms with E-state index in [1.807, 2.05) is 13.8 Å². The maximum absolute atomic E-state index is 13.8. The van der Waals surface area contributed by atoms with E-state index < -0.39 is 25.5 Å². The third-order valence-corrected chi connectivity index (χ3v) is 9.76. The number of hydrogen-bond acceptors (Lipinski definition) is 6. The zero-order chi connectivity index (χ0) is 26.4. The molecule has 0 aliphatic heterocycles. The summed E-state index contributed by atoms with van der Waals surface area (Å²) >= 11 is 1.27. The Hall–Kier alpha value is -3.73. The van der Waals surface area contributed by atoms with Crippen molar-refractivity contribution in [1.82, 2.24) is 0 Å². The van der Waals surface area contributed by atoms with Crippen molar-refractivity contribution >= 4 is 62.9 Å². The lowest BCUT2D eigenvalue weighted by Crippen LogP contribution is -2.17. The summed E-state index contributed by atoms with van der Waals surface area (Å²) in [4.78, 5) is 13.9. The second-order valence-electron chi connectivity index (χ2n) is 8.63. The van der Waals surface area contributed by atoms with Crippen molar-refractivity contribution in [3.8, 4) is 0 Å². The minimum Gasteiger partial charge on any atom is -0.288 e. The Balaban J connectivity index is 1.65. The van der Waals surface area contributed by atoms with Crippen LogP contribution in [-0.4, -0.2) is 16.8 Å². The molecule has 37 heavy (non-hydrogen) atoms. The summed E-state index contributed by atoms with van der Waals surface area (Å²) in [5.41, 5.74) is 1.60. The summed E-state index contributed by atoms with van der Waals surface area (Å²) < 4.78 is 58.5. The van der Waals surface area contributed by atoms with E-state index in [4.69, 9.17) is 0 Å². The van der Waals surface area contributed by atoms with Gasteiger partial charge < -0.3 is 0 Å². The highest BCUT2D eigenvalue weighted by Crippen LogP contribution is 2.33. The van der Waals surface area contributed by atoms with Crippen molar-refractivity contribution in [3.63, 3.8) is 0 Å². The zero-order valence-electron chi connectivity index (χ0n) is 19.8. The molecular weight excluding hydrogens is 529 g/mol. The van der Waals surface area contributed by atoms with Crippen LogP contribution in [0.5, 0.6) is 0 Å². The van der Waals surface area contributed by atoms with Crippen LogP contribution in [0, 0.1) is 13.8 Å². The number of anilines is 2. The predicted molar refractivity (Wildman–Crippen MR) is 150 cm³/mol. The molecule has 0 atom stereocenters. The Morgan fingerprint density at radius 2 is 0.946 bits per heavy atom. The van der Waals surface area contributed by atoms with Crippen LogP contribution in [0.15, 0.2) is 99.5 Å². The fraction of sp³-hybridized carbons (Fsp3) is 0.0741. The van der Waals surface area contributed by atoms with E-state index in [9.17, 15) is 21.6 Å². The summed E-state index contributed by atoms with van der Waals surface area (Å²) in [6, 6.07) is 22.6. The van der Waals surface area contributed by atoms with Gasteiger partial charge >= 0.3 is 0 Å². The Bertz CT molecular complexity index is 1790. The monoisotopic (exact) mass is 550 g/mol. The number of benzene rings is 4. The standard InChI is InChI=1S/C27H22N2O5S3/c1-17-9-13-19(14-10-17)36(31,32)28-21-5-3-7-23-25(21)27(30)26-22(6-4-8-24(26)35-23)29-37(33,34)20-15-11-18(2)12-16-20/h3-16,28-29H,1-2H3. The van der Waals surface area contributed by atoms with Gasteiger partial charge in [-0.1, -0.05) is 47.5 Å². The molecule has 1 aromatic heterocycles. The first-order chi connectivity index (χ1) is 17.5. The third kappa shape index (κ3) is 4.83. The predicted octanol–water partition coefficient (Wildman–Crippen LogP) is 5.63. The van der Waals surface area contributed by atoms with E-state index in [-0.39, 0.29) is 31.9 Å². The summed E-state index contributed by atoms with van der Waals surface area (Å²) in [5.74, 6) is 0. The van der Waals surface area contributed by atoms with Crippen molar-refractivity contribution in [3.05, 3.63) is 106 Å².